The number of nitrogen functional groups attached to an aromatic ring is 1. The van der Waals surface area contributed by atoms with Gasteiger partial charge in [0, 0.05) is 20.6 Å². The van der Waals surface area contributed by atoms with Gasteiger partial charge in [0.25, 0.3) is 10.0 Å². The molecule has 0 bridgehead atoms. The number of sulfonamides is 1. The topological polar surface area (TPSA) is 81.2 Å². The zero-order valence-electron chi connectivity index (χ0n) is 11.7. The molecule has 0 fully saturated rings. The Morgan fingerprint density at radius 1 is 1.40 bits per heavy atom. The normalized spacial score (nSPS) is 12.0. The number of aromatic nitrogens is 2. The Hall–Kier alpha value is -1.86. The number of benzene rings is 1. The van der Waals surface area contributed by atoms with E-state index in [1.165, 1.54) is 22.2 Å². The summed E-state index contributed by atoms with van der Waals surface area (Å²) in [6.45, 7) is 2.26. The summed E-state index contributed by atoms with van der Waals surface area (Å²) in [6, 6.07) is 7.73. The first-order valence-electron chi connectivity index (χ1n) is 6.11. The van der Waals surface area contributed by atoms with Crippen LogP contribution in [0.3, 0.4) is 0 Å². The van der Waals surface area contributed by atoms with Gasteiger partial charge in [-0.25, -0.2) is 13.4 Å². The average Bonchev–Trinajstić information content (AvgIpc) is 2.69. The standard InChI is InChI=1S/C13H18N4O2S/c1-10-5-4-6-11(7-10)8-17(3)20(18,19)13-12(14)15-9-16(13)2/h4-7,9H,8,14H2,1-3H3. The van der Waals surface area contributed by atoms with Crippen molar-refractivity contribution < 1.29 is 8.42 Å². The molecular weight excluding hydrogens is 276 g/mol. The van der Waals surface area contributed by atoms with E-state index in [1.807, 2.05) is 31.2 Å². The van der Waals surface area contributed by atoms with Crippen LogP contribution in [0.4, 0.5) is 5.82 Å². The first-order chi connectivity index (χ1) is 9.32. The number of aryl methyl sites for hydroxylation is 2. The molecule has 1 heterocycles. The van der Waals surface area contributed by atoms with Crippen molar-refractivity contribution in [3.8, 4) is 0 Å². The third-order valence-corrected chi connectivity index (χ3v) is 4.99. The van der Waals surface area contributed by atoms with E-state index in [0.29, 0.717) is 0 Å². The summed E-state index contributed by atoms with van der Waals surface area (Å²) in [7, 11) is -0.520. The molecular formula is C13H18N4O2S. The Morgan fingerprint density at radius 3 is 2.65 bits per heavy atom. The van der Waals surface area contributed by atoms with E-state index in [0.717, 1.165) is 11.1 Å². The van der Waals surface area contributed by atoms with E-state index in [1.54, 1.807) is 7.05 Å². The highest BCUT2D eigenvalue weighted by Crippen LogP contribution is 2.21. The lowest BCUT2D eigenvalue weighted by Gasteiger charge is -2.18. The number of nitrogens with zero attached hydrogens (tertiary/aromatic N) is 3. The molecule has 2 rings (SSSR count). The van der Waals surface area contributed by atoms with Gasteiger partial charge in [-0.2, -0.15) is 4.31 Å². The predicted molar refractivity (Wildman–Crippen MR) is 77.5 cm³/mol. The fraction of sp³-hybridized carbons (Fsp3) is 0.308. The van der Waals surface area contributed by atoms with E-state index in [-0.39, 0.29) is 17.4 Å². The highest BCUT2D eigenvalue weighted by molar-refractivity contribution is 7.89. The summed E-state index contributed by atoms with van der Waals surface area (Å²) < 4.78 is 27.7. The van der Waals surface area contributed by atoms with Gasteiger partial charge >= 0.3 is 0 Å². The summed E-state index contributed by atoms with van der Waals surface area (Å²) >= 11 is 0. The molecule has 0 amide bonds. The predicted octanol–water partition coefficient (Wildman–Crippen LogP) is 1.13. The Balaban J connectivity index is 2.31. The minimum absolute atomic E-state index is 0.0172. The molecule has 0 spiro atoms. The van der Waals surface area contributed by atoms with Crippen LogP contribution >= 0.6 is 0 Å². The molecule has 0 atom stereocenters. The monoisotopic (exact) mass is 294 g/mol. The zero-order chi connectivity index (χ0) is 14.9. The van der Waals surface area contributed by atoms with E-state index in [2.05, 4.69) is 4.98 Å². The molecule has 1 aromatic heterocycles. The van der Waals surface area contributed by atoms with Crippen molar-refractivity contribution in [1.82, 2.24) is 13.9 Å². The fourth-order valence-electron chi connectivity index (χ4n) is 2.05. The Bertz CT molecular complexity index is 702. The molecule has 7 heteroatoms. The van der Waals surface area contributed by atoms with Crippen molar-refractivity contribution in [1.29, 1.82) is 0 Å². The Morgan fingerprint density at radius 2 is 2.10 bits per heavy atom. The van der Waals surface area contributed by atoms with Crippen LogP contribution in [0.1, 0.15) is 11.1 Å². The second-order valence-corrected chi connectivity index (χ2v) is 6.76. The Labute approximate surface area is 118 Å². The molecule has 108 valence electrons. The number of anilines is 1. The van der Waals surface area contributed by atoms with Crippen molar-refractivity contribution in [2.45, 2.75) is 18.5 Å². The SMILES string of the molecule is Cc1cccc(CN(C)S(=O)(=O)c2c(N)ncn2C)c1. The number of imidazole rings is 1. The molecule has 0 saturated carbocycles. The largest absolute Gasteiger partial charge is 0.381 e. The molecule has 0 aliphatic carbocycles. The maximum atomic E-state index is 12.5. The second kappa shape index (κ2) is 5.26. The minimum atomic E-state index is -3.66. The smallest absolute Gasteiger partial charge is 0.262 e. The first-order valence-corrected chi connectivity index (χ1v) is 7.55. The van der Waals surface area contributed by atoms with Gasteiger partial charge < -0.3 is 10.3 Å². The molecule has 0 radical (unpaired) electrons. The third-order valence-electron chi connectivity index (χ3n) is 3.05. The third kappa shape index (κ3) is 2.68. The average molecular weight is 294 g/mol. The Kier molecular flexibility index (Phi) is 3.82. The number of nitrogens with two attached hydrogens (primary N) is 1. The summed E-state index contributed by atoms with van der Waals surface area (Å²) in [5.41, 5.74) is 7.66. The van der Waals surface area contributed by atoms with Crippen LogP contribution in [0, 0.1) is 6.92 Å². The molecule has 0 aliphatic heterocycles. The lowest BCUT2D eigenvalue weighted by atomic mass is 10.1. The molecule has 0 saturated heterocycles. The molecule has 0 unspecified atom stereocenters. The summed E-state index contributed by atoms with van der Waals surface area (Å²) in [5.74, 6) is 0.0172. The van der Waals surface area contributed by atoms with Crippen molar-refractivity contribution in [3.63, 3.8) is 0 Å². The molecule has 6 nitrogen and oxygen atoms in total. The summed E-state index contributed by atoms with van der Waals surface area (Å²) in [6.07, 6.45) is 1.39. The quantitative estimate of drug-likeness (QED) is 0.916. The number of rotatable bonds is 4. The summed E-state index contributed by atoms with van der Waals surface area (Å²) in [5, 5.41) is 0.0210. The van der Waals surface area contributed by atoms with Gasteiger partial charge in [-0.05, 0) is 12.5 Å². The summed E-state index contributed by atoms with van der Waals surface area (Å²) in [4.78, 5) is 3.82. The molecule has 1 aromatic carbocycles. The van der Waals surface area contributed by atoms with Crippen molar-refractivity contribution in [2.75, 3.05) is 12.8 Å². The maximum Gasteiger partial charge on any atom is 0.262 e. The molecule has 20 heavy (non-hydrogen) atoms. The number of hydrogen-bond donors (Lipinski definition) is 1. The van der Waals surface area contributed by atoms with Crippen molar-refractivity contribution in [2.24, 2.45) is 7.05 Å². The highest BCUT2D eigenvalue weighted by Gasteiger charge is 2.27. The van der Waals surface area contributed by atoms with Crippen LogP contribution in [-0.4, -0.2) is 29.3 Å². The van der Waals surface area contributed by atoms with Crippen LogP contribution in [-0.2, 0) is 23.6 Å². The van der Waals surface area contributed by atoms with Crippen LogP contribution in [0.25, 0.3) is 0 Å². The van der Waals surface area contributed by atoms with Gasteiger partial charge in [0.05, 0.1) is 6.33 Å². The van der Waals surface area contributed by atoms with Crippen LogP contribution in [0.5, 0.6) is 0 Å². The zero-order valence-corrected chi connectivity index (χ0v) is 12.6. The van der Waals surface area contributed by atoms with Gasteiger partial charge in [0.15, 0.2) is 10.8 Å². The molecule has 2 aromatic rings. The maximum absolute atomic E-state index is 12.5. The first kappa shape index (κ1) is 14.5. The van der Waals surface area contributed by atoms with Gasteiger partial charge in [-0.1, -0.05) is 29.8 Å². The second-order valence-electron chi connectivity index (χ2n) is 4.80. The van der Waals surface area contributed by atoms with Gasteiger partial charge in [0.2, 0.25) is 0 Å². The number of hydrogen-bond acceptors (Lipinski definition) is 4. The molecule has 2 N–H and O–H groups in total. The van der Waals surface area contributed by atoms with E-state index in [4.69, 9.17) is 5.73 Å². The van der Waals surface area contributed by atoms with Crippen LogP contribution < -0.4 is 5.73 Å². The molecule has 0 aliphatic rings. The van der Waals surface area contributed by atoms with Crippen LogP contribution in [0.15, 0.2) is 35.6 Å². The van der Waals surface area contributed by atoms with Gasteiger partial charge in [0.1, 0.15) is 0 Å². The van der Waals surface area contributed by atoms with E-state index >= 15 is 0 Å². The highest BCUT2D eigenvalue weighted by atomic mass is 32.2. The lowest BCUT2D eigenvalue weighted by Crippen LogP contribution is -2.28. The van der Waals surface area contributed by atoms with Gasteiger partial charge in [-0.15, -0.1) is 0 Å². The minimum Gasteiger partial charge on any atom is -0.381 e. The van der Waals surface area contributed by atoms with Crippen molar-refractivity contribution in [3.05, 3.63) is 41.7 Å². The van der Waals surface area contributed by atoms with Crippen LogP contribution in [0.2, 0.25) is 0 Å². The van der Waals surface area contributed by atoms with E-state index < -0.39 is 10.0 Å². The van der Waals surface area contributed by atoms with E-state index in [9.17, 15) is 8.42 Å². The van der Waals surface area contributed by atoms with Gasteiger partial charge in [-0.3, -0.25) is 0 Å². The van der Waals surface area contributed by atoms with Crippen molar-refractivity contribution >= 4 is 15.8 Å². The fourth-order valence-corrected chi connectivity index (χ4v) is 3.39. The lowest BCUT2D eigenvalue weighted by molar-refractivity contribution is 0.460.